The predicted octanol–water partition coefficient (Wildman–Crippen LogP) is 1.73. The second-order valence-corrected chi connectivity index (χ2v) is 5.40. The monoisotopic (exact) mass is 294 g/mol. The highest BCUT2D eigenvalue weighted by molar-refractivity contribution is 5.77. The lowest BCUT2D eigenvalue weighted by molar-refractivity contribution is -0.142. The number of amides is 2. The van der Waals surface area contributed by atoms with Crippen LogP contribution in [0, 0.1) is 17.7 Å². The van der Waals surface area contributed by atoms with Gasteiger partial charge in [-0.3, -0.25) is 4.79 Å². The normalized spacial score (nSPS) is 21.3. The highest BCUT2D eigenvalue weighted by Crippen LogP contribution is 2.22. The van der Waals surface area contributed by atoms with Gasteiger partial charge < -0.3 is 15.3 Å². The molecule has 1 aliphatic rings. The molecular weight excluding hydrogens is 275 g/mol. The summed E-state index contributed by atoms with van der Waals surface area (Å²) in [5, 5.41) is 11.7. The van der Waals surface area contributed by atoms with E-state index in [4.69, 9.17) is 5.11 Å². The number of hydrogen-bond donors (Lipinski definition) is 2. The van der Waals surface area contributed by atoms with E-state index in [-0.39, 0.29) is 24.3 Å². The average Bonchev–Trinajstić information content (AvgIpc) is 2.83. The number of carbonyl (C=O) groups excluding carboxylic acids is 1. The predicted molar refractivity (Wildman–Crippen MR) is 75.4 cm³/mol. The Labute approximate surface area is 122 Å². The molecule has 0 bridgehead atoms. The van der Waals surface area contributed by atoms with E-state index in [1.807, 2.05) is 6.92 Å². The van der Waals surface area contributed by atoms with Crippen molar-refractivity contribution >= 4 is 12.0 Å². The van der Waals surface area contributed by atoms with E-state index in [0.717, 1.165) is 0 Å². The Kier molecular flexibility index (Phi) is 4.77. The Morgan fingerprint density at radius 3 is 2.71 bits per heavy atom. The molecule has 2 amide bonds. The third-order valence-electron chi connectivity index (χ3n) is 3.85. The maximum absolute atomic E-state index is 13.4. The first-order valence-corrected chi connectivity index (χ1v) is 6.98. The number of carboxylic acids is 1. The molecule has 2 atom stereocenters. The van der Waals surface area contributed by atoms with E-state index in [9.17, 15) is 14.0 Å². The number of likely N-dealkylation sites (tertiary alicyclic amines) is 1. The first kappa shape index (κ1) is 15.3. The van der Waals surface area contributed by atoms with Crippen molar-refractivity contribution in [2.45, 2.75) is 13.3 Å². The van der Waals surface area contributed by atoms with Crippen LogP contribution in [0.5, 0.6) is 0 Å². The molecular formula is C15H19FN2O3. The molecule has 21 heavy (non-hydrogen) atoms. The molecule has 1 heterocycles. The maximum Gasteiger partial charge on any atom is 0.317 e. The van der Waals surface area contributed by atoms with E-state index in [2.05, 4.69) is 5.32 Å². The van der Waals surface area contributed by atoms with Gasteiger partial charge in [-0.2, -0.15) is 0 Å². The smallest absolute Gasteiger partial charge is 0.317 e. The summed E-state index contributed by atoms with van der Waals surface area (Å²) in [6.45, 7) is 2.80. The zero-order valence-electron chi connectivity index (χ0n) is 11.9. The molecule has 5 nitrogen and oxygen atoms in total. The van der Waals surface area contributed by atoms with Crippen molar-refractivity contribution in [3.8, 4) is 0 Å². The number of benzene rings is 1. The molecule has 0 spiro atoms. The number of halogens is 1. The van der Waals surface area contributed by atoms with Crippen LogP contribution in [0.2, 0.25) is 0 Å². The summed E-state index contributed by atoms with van der Waals surface area (Å²) in [5.74, 6) is -1.72. The summed E-state index contributed by atoms with van der Waals surface area (Å²) < 4.78 is 13.4. The molecule has 0 aromatic heterocycles. The molecule has 1 saturated heterocycles. The van der Waals surface area contributed by atoms with Gasteiger partial charge in [0.25, 0.3) is 0 Å². The minimum Gasteiger partial charge on any atom is -0.481 e. The fourth-order valence-electron chi connectivity index (χ4n) is 2.57. The number of rotatable bonds is 4. The number of nitrogens with one attached hydrogen (secondary N) is 1. The van der Waals surface area contributed by atoms with Crippen LogP contribution >= 0.6 is 0 Å². The molecule has 1 aromatic carbocycles. The fraction of sp³-hybridized carbons (Fsp3) is 0.467. The van der Waals surface area contributed by atoms with Gasteiger partial charge in [-0.15, -0.1) is 0 Å². The summed E-state index contributed by atoms with van der Waals surface area (Å²) in [6, 6.07) is 6.15. The van der Waals surface area contributed by atoms with Crippen molar-refractivity contribution in [3.63, 3.8) is 0 Å². The van der Waals surface area contributed by atoms with Crippen molar-refractivity contribution in [1.82, 2.24) is 10.2 Å². The third kappa shape index (κ3) is 3.71. The van der Waals surface area contributed by atoms with Gasteiger partial charge >= 0.3 is 12.0 Å². The number of nitrogens with zero attached hydrogens (tertiary/aromatic N) is 1. The summed E-state index contributed by atoms with van der Waals surface area (Å²) in [4.78, 5) is 24.5. The first-order valence-electron chi connectivity index (χ1n) is 6.98. The van der Waals surface area contributed by atoms with Crippen LogP contribution in [-0.2, 0) is 11.2 Å². The van der Waals surface area contributed by atoms with E-state index >= 15 is 0 Å². The van der Waals surface area contributed by atoms with E-state index < -0.39 is 11.9 Å². The fourth-order valence-corrected chi connectivity index (χ4v) is 2.57. The lowest BCUT2D eigenvalue weighted by Crippen LogP contribution is -2.39. The van der Waals surface area contributed by atoms with Gasteiger partial charge in [-0.1, -0.05) is 25.1 Å². The van der Waals surface area contributed by atoms with Gasteiger partial charge in [0.15, 0.2) is 0 Å². The van der Waals surface area contributed by atoms with Crippen LogP contribution in [0.25, 0.3) is 0 Å². The van der Waals surface area contributed by atoms with E-state index in [1.54, 1.807) is 18.2 Å². The largest absolute Gasteiger partial charge is 0.481 e. The molecule has 0 saturated carbocycles. The molecule has 2 N–H and O–H groups in total. The minimum atomic E-state index is -0.871. The van der Waals surface area contributed by atoms with E-state index in [1.165, 1.54) is 11.0 Å². The minimum absolute atomic E-state index is 0.0557. The van der Waals surface area contributed by atoms with Gasteiger partial charge in [0.1, 0.15) is 5.82 Å². The number of urea groups is 1. The number of carboxylic acid groups (broad SMARTS) is 1. The average molecular weight is 294 g/mol. The second-order valence-electron chi connectivity index (χ2n) is 5.40. The van der Waals surface area contributed by atoms with Crippen molar-refractivity contribution in [2.24, 2.45) is 11.8 Å². The molecule has 2 rings (SSSR count). The topological polar surface area (TPSA) is 69.6 Å². The molecule has 6 heteroatoms. The summed E-state index contributed by atoms with van der Waals surface area (Å²) in [5.41, 5.74) is 0.552. The molecule has 1 aliphatic heterocycles. The van der Waals surface area contributed by atoms with Crippen molar-refractivity contribution in [3.05, 3.63) is 35.6 Å². The van der Waals surface area contributed by atoms with Crippen LogP contribution in [0.1, 0.15) is 12.5 Å². The van der Waals surface area contributed by atoms with Crippen molar-refractivity contribution in [1.29, 1.82) is 0 Å². The summed E-state index contributed by atoms with van der Waals surface area (Å²) >= 11 is 0. The van der Waals surface area contributed by atoms with Gasteiger partial charge in [0.05, 0.1) is 5.92 Å². The highest BCUT2D eigenvalue weighted by Gasteiger charge is 2.36. The zero-order chi connectivity index (χ0) is 15.4. The van der Waals surface area contributed by atoms with Gasteiger partial charge in [0.2, 0.25) is 0 Å². The SMILES string of the molecule is C[C@@H]1CN(C(=O)NCCc2ccccc2F)C[C@H]1C(=O)O. The van der Waals surface area contributed by atoms with Crippen LogP contribution < -0.4 is 5.32 Å². The van der Waals surface area contributed by atoms with Gasteiger partial charge in [0, 0.05) is 19.6 Å². The van der Waals surface area contributed by atoms with Crippen molar-refractivity contribution < 1.29 is 19.1 Å². The van der Waals surface area contributed by atoms with Crippen LogP contribution in [0.15, 0.2) is 24.3 Å². The Hall–Kier alpha value is -2.11. The quantitative estimate of drug-likeness (QED) is 0.888. The standard InChI is InChI=1S/C15H19FN2O3/c1-10-8-18(9-12(10)14(19)20)15(21)17-7-6-11-4-2-3-5-13(11)16/h2-5,10,12H,6-9H2,1H3,(H,17,21)(H,19,20)/t10-,12-/m1/s1. The molecule has 0 aliphatic carbocycles. The Morgan fingerprint density at radius 1 is 1.38 bits per heavy atom. The summed E-state index contributed by atoms with van der Waals surface area (Å²) in [7, 11) is 0. The first-order chi connectivity index (χ1) is 9.99. The Bertz CT molecular complexity index is 535. The summed E-state index contributed by atoms with van der Waals surface area (Å²) in [6.07, 6.45) is 0.407. The van der Waals surface area contributed by atoms with Crippen LogP contribution in [0.3, 0.4) is 0 Å². The van der Waals surface area contributed by atoms with Gasteiger partial charge in [-0.05, 0) is 24.0 Å². The second kappa shape index (κ2) is 6.56. The third-order valence-corrected chi connectivity index (χ3v) is 3.85. The maximum atomic E-state index is 13.4. The molecule has 0 unspecified atom stereocenters. The zero-order valence-corrected chi connectivity index (χ0v) is 11.9. The molecule has 1 fully saturated rings. The molecule has 1 aromatic rings. The van der Waals surface area contributed by atoms with Crippen LogP contribution in [0.4, 0.5) is 9.18 Å². The van der Waals surface area contributed by atoms with E-state index in [0.29, 0.717) is 25.1 Å². The number of carbonyl (C=O) groups is 2. The lowest BCUT2D eigenvalue weighted by atomic mass is 9.99. The number of aliphatic carboxylic acids is 1. The van der Waals surface area contributed by atoms with Crippen LogP contribution in [-0.4, -0.2) is 41.6 Å². The Balaban J connectivity index is 1.81. The molecule has 114 valence electrons. The number of hydrogen-bond acceptors (Lipinski definition) is 2. The lowest BCUT2D eigenvalue weighted by Gasteiger charge is -2.16. The highest BCUT2D eigenvalue weighted by atomic mass is 19.1. The van der Waals surface area contributed by atoms with Crippen molar-refractivity contribution in [2.75, 3.05) is 19.6 Å². The molecule has 0 radical (unpaired) electrons. The Morgan fingerprint density at radius 2 is 2.10 bits per heavy atom. The van der Waals surface area contributed by atoms with Gasteiger partial charge in [-0.25, -0.2) is 9.18 Å².